The van der Waals surface area contributed by atoms with E-state index in [2.05, 4.69) is 86.8 Å². The van der Waals surface area contributed by atoms with E-state index in [1.54, 1.807) is 0 Å². The Balaban J connectivity index is 4.22. The zero-order valence-corrected chi connectivity index (χ0v) is 35.5. The summed E-state index contributed by atoms with van der Waals surface area (Å²) in [6, 6.07) is 0. The SMILES string of the molecule is CCC=CCC=CCC=CCC=CCCCCC(=O)OC(COC(=O)CCCCCCCCCCCC=CCC=CCCCCC)COP(=O)(O)OCCN. The lowest BCUT2D eigenvalue weighted by atomic mass is 10.1. The quantitative estimate of drug-likeness (QED) is 0.0270. The monoisotopic (exact) mass is 792 g/mol. The highest BCUT2D eigenvalue weighted by Gasteiger charge is 2.25. The van der Waals surface area contributed by atoms with Crippen LogP contribution in [0.4, 0.5) is 0 Å². The number of phosphoric acid groups is 1. The molecule has 0 aromatic heterocycles. The predicted molar refractivity (Wildman–Crippen MR) is 229 cm³/mol. The van der Waals surface area contributed by atoms with Crippen molar-refractivity contribution in [1.29, 1.82) is 0 Å². The lowest BCUT2D eigenvalue weighted by molar-refractivity contribution is -0.161. The largest absolute Gasteiger partial charge is 0.472 e. The van der Waals surface area contributed by atoms with Gasteiger partial charge >= 0.3 is 19.8 Å². The summed E-state index contributed by atoms with van der Waals surface area (Å²) in [5.41, 5.74) is 5.34. The van der Waals surface area contributed by atoms with Crippen molar-refractivity contribution in [2.45, 2.75) is 174 Å². The highest BCUT2D eigenvalue weighted by Crippen LogP contribution is 2.43. The second-order valence-electron chi connectivity index (χ2n) is 13.8. The minimum Gasteiger partial charge on any atom is -0.462 e. The van der Waals surface area contributed by atoms with Crippen LogP contribution in [-0.2, 0) is 32.7 Å². The third-order valence-corrected chi connectivity index (χ3v) is 9.56. The second-order valence-corrected chi connectivity index (χ2v) is 15.3. The number of hydrogen-bond donors (Lipinski definition) is 2. The fraction of sp³-hybridized carbons (Fsp3) is 0.689. The lowest BCUT2D eigenvalue weighted by Crippen LogP contribution is -2.29. The third-order valence-electron chi connectivity index (χ3n) is 8.58. The Bertz CT molecular complexity index is 1130. The van der Waals surface area contributed by atoms with E-state index in [-0.39, 0.29) is 32.6 Å². The average molecular weight is 792 g/mol. The molecule has 0 fully saturated rings. The van der Waals surface area contributed by atoms with E-state index < -0.39 is 32.5 Å². The summed E-state index contributed by atoms with van der Waals surface area (Å²) in [5.74, 6) is -0.888. The van der Waals surface area contributed by atoms with Crippen molar-refractivity contribution in [2.24, 2.45) is 5.73 Å². The first kappa shape index (κ1) is 52.5. The van der Waals surface area contributed by atoms with Gasteiger partial charge < -0.3 is 20.1 Å². The minimum atomic E-state index is -4.39. The molecule has 0 amide bonds. The van der Waals surface area contributed by atoms with Crippen molar-refractivity contribution in [1.82, 2.24) is 0 Å². The van der Waals surface area contributed by atoms with Gasteiger partial charge in [-0.1, -0.05) is 145 Å². The van der Waals surface area contributed by atoms with Crippen LogP contribution in [-0.4, -0.2) is 49.3 Å². The van der Waals surface area contributed by atoms with Crippen LogP contribution in [0.15, 0.2) is 72.9 Å². The number of carbonyl (C=O) groups excluding carboxylic acids is 2. The fourth-order valence-corrected chi connectivity index (χ4v) is 6.18. The Hall–Kier alpha value is -2.55. The van der Waals surface area contributed by atoms with Crippen molar-refractivity contribution >= 4 is 19.8 Å². The molecule has 0 rings (SSSR count). The van der Waals surface area contributed by atoms with E-state index in [1.807, 2.05) is 0 Å². The Kier molecular flexibility index (Phi) is 39.2. The van der Waals surface area contributed by atoms with Gasteiger partial charge in [0.25, 0.3) is 0 Å². The first-order valence-corrected chi connectivity index (χ1v) is 22.9. The van der Waals surface area contributed by atoms with Gasteiger partial charge in [0.05, 0.1) is 13.2 Å². The number of nitrogens with two attached hydrogens (primary N) is 1. The maximum Gasteiger partial charge on any atom is 0.472 e. The first-order valence-electron chi connectivity index (χ1n) is 21.4. The van der Waals surface area contributed by atoms with Gasteiger partial charge in [0.2, 0.25) is 0 Å². The van der Waals surface area contributed by atoms with E-state index in [0.29, 0.717) is 6.42 Å². The van der Waals surface area contributed by atoms with Crippen molar-refractivity contribution in [3.63, 3.8) is 0 Å². The number of allylic oxidation sites excluding steroid dienone is 12. The number of phosphoric ester groups is 1. The van der Waals surface area contributed by atoms with E-state index in [9.17, 15) is 19.0 Å². The molecule has 0 saturated heterocycles. The van der Waals surface area contributed by atoms with Crippen molar-refractivity contribution in [3.8, 4) is 0 Å². The summed E-state index contributed by atoms with van der Waals surface area (Å²) in [7, 11) is -4.39. The highest BCUT2D eigenvalue weighted by molar-refractivity contribution is 7.47. The molecule has 2 atom stereocenters. The van der Waals surface area contributed by atoms with Crippen LogP contribution >= 0.6 is 7.82 Å². The van der Waals surface area contributed by atoms with Gasteiger partial charge in [0.1, 0.15) is 6.61 Å². The van der Waals surface area contributed by atoms with Crippen LogP contribution in [0.5, 0.6) is 0 Å². The van der Waals surface area contributed by atoms with Crippen LogP contribution in [0, 0.1) is 0 Å². The minimum absolute atomic E-state index is 0.0424. The maximum atomic E-state index is 12.6. The van der Waals surface area contributed by atoms with E-state index in [1.165, 1.54) is 57.8 Å². The van der Waals surface area contributed by atoms with Gasteiger partial charge in [0.15, 0.2) is 6.10 Å². The summed E-state index contributed by atoms with van der Waals surface area (Å²) in [6.07, 6.45) is 49.3. The molecule has 10 heteroatoms. The van der Waals surface area contributed by atoms with Gasteiger partial charge in [0, 0.05) is 19.4 Å². The summed E-state index contributed by atoms with van der Waals surface area (Å²) in [6.45, 7) is 3.52. The molecule has 0 heterocycles. The van der Waals surface area contributed by atoms with E-state index in [4.69, 9.17) is 24.3 Å². The number of esters is 2. The predicted octanol–water partition coefficient (Wildman–Crippen LogP) is 12.3. The molecule has 316 valence electrons. The normalized spacial score (nSPS) is 14.0. The van der Waals surface area contributed by atoms with Crippen molar-refractivity contribution < 1.29 is 37.6 Å². The standard InChI is InChI=1S/C45H78NO8P/c1-3-5-7-9-11-13-15-17-19-20-21-22-24-25-27-29-31-33-35-37-44(47)51-41-43(42-53-55(49,50)52-40-39-46)54-45(48)38-36-34-32-30-28-26-23-18-16-14-12-10-8-6-4-2/h6,8,11-14,17-19,23,28,30,43H,3-5,7,9-10,15-16,20-22,24-27,29,31-42,46H2,1-2H3,(H,49,50). The molecule has 55 heavy (non-hydrogen) atoms. The molecular formula is C45H78NO8P. The summed E-state index contributed by atoms with van der Waals surface area (Å²) in [5, 5.41) is 0. The number of ether oxygens (including phenoxy) is 2. The zero-order valence-electron chi connectivity index (χ0n) is 34.6. The molecule has 2 unspecified atom stereocenters. The molecule has 0 spiro atoms. The Labute approximate surface area is 335 Å². The number of hydrogen-bond acceptors (Lipinski definition) is 8. The van der Waals surface area contributed by atoms with Gasteiger partial charge in [-0.3, -0.25) is 18.6 Å². The van der Waals surface area contributed by atoms with Gasteiger partial charge in [-0.15, -0.1) is 0 Å². The average Bonchev–Trinajstić information content (AvgIpc) is 3.17. The fourth-order valence-electron chi connectivity index (χ4n) is 5.42. The Morgan fingerprint density at radius 3 is 1.53 bits per heavy atom. The molecule has 0 aromatic rings. The number of carbonyl (C=O) groups is 2. The molecule has 0 saturated carbocycles. The highest BCUT2D eigenvalue weighted by atomic mass is 31.2. The number of unbranched alkanes of at least 4 members (excludes halogenated alkanes) is 14. The zero-order chi connectivity index (χ0) is 40.3. The summed E-state index contributed by atoms with van der Waals surface area (Å²) in [4.78, 5) is 34.8. The Morgan fingerprint density at radius 1 is 0.564 bits per heavy atom. The van der Waals surface area contributed by atoms with Crippen LogP contribution in [0.1, 0.15) is 168 Å². The van der Waals surface area contributed by atoms with Gasteiger partial charge in [-0.25, -0.2) is 4.57 Å². The topological polar surface area (TPSA) is 134 Å². The van der Waals surface area contributed by atoms with E-state index in [0.717, 1.165) is 77.0 Å². The molecule has 0 aliphatic rings. The van der Waals surface area contributed by atoms with Gasteiger partial charge in [-0.05, 0) is 83.5 Å². The molecule has 0 radical (unpaired) electrons. The van der Waals surface area contributed by atoms with Crippen LogP contribution < -0.4 is 5.73 Å². The molecule has 3 N–H and O–H groups in total. The third kappa shape index (κ3) is 40.9. The van der Waals surface area contributed by atoms with Crippen LogP contribution in [0.25, 0.3) is 0 Å². The number of rotatable bonds is 39. The van der Waals surface area contributed by atoms with Crippen molar-refractivity contribution in [3.05, 3.63) is 72.9 Å². The molecule has 0 aliphatic carbocycles. The van der Waals surface area contributed by atoms with Crippen molar-refractivity contribution in [2.75, 3.05) is 26.4 Å². The Morgan fingerprint density at radius 2 is 1.00 bits per heavy atom. The molecule has 0 bridgehead atoms. The van der Waals surface area contributed by atoms with Crippen LogP contribution in [0.2, 0.25) is 0 Å². The maximum absolute atomic E-state index is 12.6. The lowest BCUT2D eigenvalue weighted by Gasteiger charge is -2.19. The van der Waals surface area contributed by atoms with Crippen LogP contribution in [0.3, 0.4) is 0 Å². The molecule has 9 nitrogen and oxygen atoms in total. The molecule has 0 aromatic carbocycles. The molecular weight excluding hydrogens is 713 g/mol. The molecule has 0 aliphatic heterocycles. The summed E-state index contributed by atoms with van der Waals surface area (Å²) >= 11 is 0. The first-order chi connectivity index (χ1) is 26.8. The second kappa shape index (κ2) is 41.1. The smallest absolute Gasteiger partial charge is 0.462 e. The summed E-state index contributed by atoms with van der Waals surface area (Å²) < 4.78 is 32.7. The van der Waals surface area contributed by atoms with Gasteiger partial charge in [-0.2, -0.15) is 0 Å². The van der Waals surface area contributed by atoms with E-state index >= 15 is 0 Å².